The molecule has 0 amide bonds. The summed E-state index contributed by atoms with van der Waals surface area (Å²) in [5, 5.41) is 2.57. The van der Waals surface area contributed by atoms with Gasteiger partial charge in [0, 0.05) is 11.3 Å². The molecule has 0 aliphatic carbocycles. The second kappa shape index (κ2) is 6.47. The molecule has 0 bridgehead atoms. The molecule has 2 rings (SSSR count). The molecular weight excluding hydrogens is 286 g/mol. The van der Waals surface area contributed by atoms with Crippen LogP contribution in [0.5, 0.6) is 5.75 Å². The Balaban J connectivity index is 1.96. The molecule has 0 unspecified atom stereocenters. The molecule has 0 fully saturated rings. The van der Waals surface area contributed by atoms with Gasteiger partial charge in [-0.2, -0.15) is 17.6 Å². The van der Waals surface area contributed by atoms with Gasteiger partial charge in [-0.05, 0) is 24.3 Å². The summed E-state index contributed by atoms with van der Waals surface area (Å²) in [6, 6.07) is 12.8. The molecule has 0 saturated carbocycles. The first-order valence-corrected chi connectivity index (χ1v) is 6.19. The van der Waals surface area contributed by atoms with Crippen molar-refractivity contribution in [2.24, 2.45) is 0 Å². The summed E-state index contributed by atoms with van der Waals surface area (Å²) in [5.74, 6) is -3.05. The molecule has 21 heavy (non-hydrogen) atoms. The van der Waals surface area contributed by atoms with Crippen LogP contribution in [0.1, 0.15) is 5.56 Å². The Kier molecular flexibility index (Phi) is 4.67. The van der Waals surface area contributed by atoms with E-state index in [2.05, 4.69) is 10.1 Å². The van der Waals surface area contributed by atoms with E-state index >= 15 is 0 Å². The zero-order valence-corrected chi connectivity index (χ0v) is 10.9. The van der Waals surface area contributed by atoms with E-state index in [9.17, 15) is 17.6 Å². The highest BCUT2D eigenvalue weighted by atomic mass is 19.3. The maximum Gasteiger partial charge on any atom is 0.387 e. The van der Waals surface area contributed by atoms with Gasteiger partial charge >= 0.3 is 6.61 Å². The van der Waals surface area contributed by atoms with E-state index in [0.717, 1.165) is 0 Å². The van der Waals surface area contributed by atoms with E-state index in [1.807, 2.05) is 0 Å². The third-order valence-corrected chi connectivity index (χ3v) is 2.79. The Hall–Kier alpha value is -2.24. The summed E-state index contributed by atoms with van der Waals surface area (Å²) in [6.45, 7) is -3.50. The van der Waals surface area contributed by atoms with Crippen molar-refractivity contribution >= 4 is 5.69 Å². The summed E-state index contributed by atoms with van der Waals surface area (Å²) in [6.07, 6.45) is 0. The number of ether oxygens (including phenoxy) is 1. The highest BCUT2D eigenvalue weighted by Crippen LogP contribution is 2.28. The van der Waals surface area contributed by atoms with E-state index in [-0.39, 0.29) is 11.3 Å². The van der Waals surface area contributed by atoms with Crippen LogP contribution in [0.15, 0.2) is 54.6 Å². The lowest BCUT2D eigenvalue weighted by Gasteiger charge is -2.18. The van der Waals surface area contributed by atoms with Crippen molar-refractivity contribution < 1.29 is 22.3 Å². The normalized spacial score (nSPS) is 11.5. The van der Waals surface area contributed by atoms with Crippen LogP contribution in [0.4, 0.5) is 23.2 Å². The first-order chi connectivity index (χ1) is 9.97. The van der Waals surface area contributed by atoms with Gasteiger partial charge in [0.2, 0.25) is 0 Å². The number of rotatable bonds is 6. The third-order valence-electron chi connectivity index (χ3n) is 2.79. The zero-order valence-electron chi connectivity index (χ0n) is 10.9. The van der Waals surface area contributed by atoms with Gasteiger partial charge in [0.05, 0.1) is 6.54 Å². The minimum Gasteiger partial charge on any atom is -0.435 e. The summed E-state index contributed by atoms with van der Waals surface area (Å²) in [5.41, 5.74) is 0.308. The molecule has 0 heterocycles. The predicted octanol–water partition coefficient (Wildman–Crippen LogP) is 4.49. The van der Waals surface area contributed by atoms with Gasteiger partial charge < -0.3 is 10.1 Å². The Morgan fingerprint density at radius 3 is 2.14 bits per heavy atom. The second-order valence-corrected chi connectivity index (χ2v) is 4.33. The van der Waals surface area contributed by atoms with Crippen LogP contribution in [0.2, 0.25) is 0 Å². The fourth-order valence-electron chi connectivity index (χ4n) is 1.75. The standard InChI is InChI=1S/C15H13F4NO/c16-14(17)21-13-8-6-12(7-9-13)20-10-15(18,19)11-4-2-1-3-5-11/h1-9,14,20H,10H2. The molecule has 0 aliphatic rings. The first kappa shape index (κ1) is 15.2. The quantitative estimate of drug-likeness (QED) is 0.793. The molecule has 0 aromatic heterocycles. The van der Waals surface area contributed by atoms with Gasteiger partial charge in [-0.15, -0.1) is 0 Å². The van der Waals surface area contributed by atoms with Crippen LogP contribution in [-0.2, 0) is 5.92 Å². The molecule has 2 nitrogen and oxygen atoms in total. The predicted molar refractivity (Wildman–Crippen MR) is 71.9 cm³/mol. The van der Waals surface area contributed by atoms with E-state index < -0.39 is 19.1 Å². The summed E-state index contributed by atoms with van der Waals surface area (Å²) in [4.78, 5) is 0. The van der Waals surface area contributed by atoms with Gasteiger partial charge in [0.1, 0.15) is 5.75 Å². The van der Waals surface area contributed by atoms with Crippen LogP contribution < -0.4 is 10.1 Å². The Morgan fingerprint density at radius 1 is 0.952 bits per heavy atom. The fraction of sp³-hybridized carbons (Fsp3) is 0.200. The fourth-order valence-corrected chi connectivity index (χ4v) is 1.75. The Labute approximate surface area is 119 Å². The highest BCUT2D eigenvalue weighted by molar-refractivity contribution is 5.46. The molecule has 0 saturated heterocycles. The number of nitrogens with one attached hydrogen (secondary N) is 1. The van der Waals surface area contributed by atoms with E-state index in [1.54, 1.807) is 18.2 Å². The first-order valence-electron chi connectivity index (χ1n) is 6.19. The molecule has 2 aromatic carbocycles. The lowest BCUT2D eigenvalue weighted by atomic mass is 10.1. The van der Waals surface area contributed by atoms with E-state index in [1.165, 1.54) is 36.4 Å². The number of alkyl halides is 4. The number of benzene rings is 2. The van der Waals surface area contributed by atoms with Crippen LogP contribution in [0.25, 0.3) is 0 Å². The second-order valence-electron chi connectivity index (χ2n) is 4.33. The maximum atomic E-state index is 13.9. The molecular formula is C15H13F4NO. The van der Waals surface area contributed by atoms with E-state index in [4.69, 9.17) is 0 Å². The largest absolute Gasteiger partial charge is 0.435 e. The Bertz CT molecular complexity index is 558. The van der Waals surface area contributed by atoms with Crippen molar-refractivity contribution in [3.63, 3.8) is 0 Å². The van der Waals surface area contributed by atoms with Crippen molar-refractivity contribution in [2.45, 2.75) is 12.5 Å². The van der Waals surface area contributed by atoms with E-state index in [0.29, 0.717) is 5.69 Å². The van der Waals surface area contributed by atoms with Crippen molar-refractivity contribution in [3.8, 4) is 5.75 Å². The Morgan fingerprint density at radius 2 is 1.57 bits per heavy atom. The molecule has 6 heteroatoms. The van der Waals surface area contributed by atoms with Crippen molar-refractivity contribution in [2.75, 3.05) is 11.9 Å². The van der Waals surface area contributed by atoms with Gasteiger partial charge in [0.25, 0.3) is 5.92 Å². The zero-order chi connectivity index (χ0) is 15.3. The molecule has 1 N–H and O–H groups in total. The molecule has 2 aromatic rings. The highest BCUT2D eigenvalue weighted by Gasteiger charge is 2.30. The van der Waals surface area contributed by atoms with Crippen molar-refractivity contribution in [1.82, 2.24) is 0 Å². The minimum atomic E-state index is -3.03. The molecule has 0 atom stereocenters. The maximum absolute atomic E-state index is 13.9. The summed E-state index contributed by atoms with van der Waals surface area (Å²) in [7, 11) is 0. The average molecular weight is 299 g/mol. The van der Waals surface area contributed by atoms with Crippen LogP contribution in [0.3, 0.4) is 0 Å². The monoisotopic (exact) mass is 299 g/mol. The third kappa shape index (κ3) is 4.37. The van der Waals surface area contributed by atoms with Crippen LogP contribution in [0, 0.1) is 0 Å². The van der Waals surface area contributed by atoms with Gasteiger partial charge in [-0.3, -0.25) is 0 Å². The lowest BCUT2D eigenvalue weighted by Crippen LogP contribution is -2.24. The van der Waals surface area contributed by atoms with Crippen LogP contribution >= 0.6 is 0 Å². The number of anilines is 1. The SMILES string of the molecule is FC(F)Oc1ccc(NCC(F)(F)c2ccccc2)cc1. The van der Waals surface area contributed by atoms with Crippen LogP contribution in [-0.4, -0.2) is 13.2 Å². The summed E-state index contributed by atoms with van der Waals surface area (Å²) >= 11 is 0. The number of halogens is 4. The lowest BCUT2D eigenvalue weighted by molar-refractivity contribution is -0.0498. The van der Waals surface area contributed by atoms with Crippen molar-refractivity contribution in [1.29, 1.82) is 0 Å². The molecule has 0 aliphatic heterocycles. The number of hydrogen-bond acceptors (Lipinski definition) is 2. The molecule has 0 spiro atoms. The molecule has 0 radical (unpaired) electrons. The topological polar surface area (TPSA) is 21.3 Å². The van der Waals surface area contributed by atoms with Gasteiger partial charge in [-0.25, -0.2) is 0 Å². The minimum absolute atomic E-state index is 0.0228. The smallest absolute Gasteiger partial charge is 0.387 e. The molecule has 112 valence electrons. The van der Waals surface area contributed by atoms with Gasteiger partial charge in [0.15, 0.2) is 0 Å². The van der Waals surface area contributed by atoms with Crippen molar-refractivity contribution in [3.05, 3.63) is 60.2 Å². The average Bonchev–Trinajstić information content (AvgIpc) is 2.47. The number of hydrogen-bond donors (Lipinski definition) is 1. The van der Waals surface area contributed by atoms with Gasteiger partial charge in [-0.1, -0.05) is 30.3 Å². The summed E-state index contributed by atoms with van der Waals surface area (Å²) < 4.78 is 55.9.